The quantitative estimate of drug-likeness (QED) is 0.602. The molecule has 0 radical (unpaired) electrons. The van der Waals surface area contributed by atoms with E-state index < -0.39 is 0 Å². The third-order valence-electron chi connectivity index (χ3n) is 2.60. The Balaban J connectivity index is 0.000000956. The maximum atomic E-state index is 12.7. The van der Waals surface area contributed by atoms with Crippen LogP contribution >= 0.6 is 0 Å². The van der Waals surface area contributed by atoms with Crippen molar-refractivity contribution >= 4 is 12.2 Å². The zero-order valence-electron chi connectivity index (χ0n) is 12.3. The van der Waals surface area contributed by atoms with Crippen LogP contribution in [0.1, 0.15) is 31.9 Å². The Bertz CT molecular complexity index is 548. The van der Waals surface area contributed by atoms with Gasteiger partial charge in [0.1, 0.15) is 5.82 Å². The number of benzene rings is 2. The lowest BCUT2D eigenvalue weighted by Crippen LogP contribution is -1.76. The van der Waals surface area contributed by atoms with Crippen molar-refractivity contribution in [2.45, 2.75) is 20.8 Å². The summed E-state index contributed by atoms with van der Waals surface area (Å²) in [6.07, 6.45) is 6.12. The molecule has 0 bridgehead atoms. The zero-order valence-corrected chi connectivity index (χ0v) is 12.3. The molecule has 104 valence electrons. The standard InChI is InChI=1S/C17H15F.C2H6/c1-14(13-16-5-3-2-4-6-16)7-8-15-9-11-17(18)12-10-15;1-2/h2-13H,1H3;1-2H3/b8-7+,14-13+;. The van der Waals surface area contributed by atoms with Gasteiger partial charge in [-0.2, -0.15) is 0 Å². The Morgan fingerprint density at radius 2 is 1.45 bits per heavy atom. The van der Waals surface area contributed by atoms with E-state index in [1.165, 1.54) is 17.7 Å². The molecule has 0 aromatic heterocycles. The first-order valence-electron chi connectivity index (χ1n) is 6.91. The second kappa shape index (κ2) is 8.87. The molecule has 0 spiro atoms. The van der Waals surface area contributed by atoms with Gasteiger partial charge in [-0.15, -0.1) is 0 Å². The predicted octanol–water partition coefficient (Wildman–Crippen LogP) is 5.97. The summed E-state index contributed by atoms with van der Waals surface area (Å²) in [5.74, 6) is -0.205. The van der Waals surface area contributed by atoms with E-state index in [9.17, 15) is 4.39 Å². The summed E-state index contributed by atoms with van der Waals surface area (Å²) in [5, 5.41) is 0. The summed E-state index contributed by atoms with van der Waals surface area (Å²) >= 11 is 0. The van der Waals surface area contributed by atoms with Crippen molar-refractivity contribution in [3.8, 4) is 0 Å². The highest BCUT2D eigenvalue weighted by Gasteiger charge is 1.90. The van der Waals surface area contributed by atoms with Crippen LogP contribution in [0.3, 0.4) is 0 Å². The molecule has 20 heavy (non-hydrogen) atoms. The summed E-state index contributed by atoms with van der Waals surface area (Å²) in [5.41, 5.74) is 3.33. The van der Waals surface area contributed by atoms with Gasteiger partial charge in [0.25, 0.3) is 0 Å². The first kappa shape index (κ1) is 15.9. The van der Waals surface area contributed by atoms with Crippen LogP contribution in [0.2, 0.25) is 0 Å². The van der Waals surface area contributed by atoms with E-state index in [2.05, 4.69) is 18.2 Å². The fourth-order valence-electron chi connectivity index (χ4n) is 1.66. The van der Waals surface area contributed by atoms with Crippen LogP contribution in [0.4, 0.5) is 4.39 Å². The van der Waals surface area contributed by atoms with Crippen LogP contribution in [0.25, 0.3) is 12.2 Å². The van der Waals surface area contributed by atoms with Crippen LogP contribution in [0, 0.1) is 5.82 Å². The van der Waals surface area contributed by atoms with Crippen molar-refractivity contribution < 1.29 is 4.39 Å². The van der Waals surface area contributed by atoms with Gasteiger partial charge in [-0.3, -0.25) is 0 Å². The van der Waals surface area contributed by atoms with E-state index in [0.717, 1.165) is 11.1 Å². The first-order chi connectivity index (χ1) is 9.74. The van der Waals surface area contributed by atoms with Crippen molar-refractivity contribution in [2.75, 3.05) is 0 Å². The molecule has 0 amide bonds. The Labute approximate surface area is 121 Å². The van der Waals surface area contributed by atoms with Crippen LogP contribution < -0.4 is 0 Å². The lowest BCUT2D eigenvalue weighted by molar-refractivity contribution is 0.628. The third-order valence-corrected chi connectivity index (χ3v) is 2.60. The van der Waals surface area contributed by atoms with Gasteiger partial charge >= 0.3 is 0 Å². The van der Waals surface area contributed by atoms with E-state index in [0.29, 0.717) is 0 Å². The molecular weight excluding hydrogens is 247 g/mol. The SMILES string of the molecule is CC.CC(/C=C/c1ccc(F)cc1)=C\c1ccccc1. The molecule has 0 heterocycles. The van der Waals surface area contributed by atoms with Gasteiger partial charge in [-0.05, 0) is 30.2 Å². The van der Waals surface area contributed by atoms with Crippen LogP contribution in [0.5, 0.6) is 0 Å². The smallest absolute Gasteiger partial charge is 0.123 e. The van der Waals surface area contributed by atoms with Crippen molar-refractivity contribution in [2.24, 2.45) is 0 Å². The average molecular weight is 268 g/mol. The number of allylic oxidation sites excluding steroid dienone is 2. The Morgan fingerprint density at radius 1 is 0.850 bits per heavy atom. The van der Waals surface area contributed by atoms with E-state index >= 15 is 0 Å². The molecule has 2 aromatic carbocycles. The summed E-state index contributed by atoms with van der Waals surface area (Å²) < 4.78 is 12.7. The van der Waals surface area contributed by atoms with Gasteiger partial charge in [0.2, 0.25) is 0 Å². The maximum Gasteiger partial charge on any atom is 0.123 e. The Hall–Kier alpha value is -2.15. The fraction of sp³-hybridized carbons (Fsp3) is 0.158. The van der Waals surface area contributed by atoms with E-state index in [1.54, 1.807) is 12.1 Å². The Kier molecular flexibility index (Phi) is 7.05. The molecule has 0 unspecified atom stereocenters. The summed E-state index contributed by atoms with van der Waals surface area (Å²) in [6.45, 7) is 6.05. The van der Waals surface area contributed by atoms with Crippen LogP contribution in [-0.2, 0) is 0 Å². The molecule has 0 nitrogen and oxygen atoms in total. The van der Waals surface area contributed by atoms with E-state index in [-0.39, 0.29) is 5.82 Å². The topological polar surface area (TPSA) is 0 Å². The zero-order chi connectivity index (χ0) is 14.8. The number of hydrogen-bond acceptors (Lipinski definition) is 0. The maximum absolute atomic E-state index is 12.7. The van der Waals surface area contributed by atoms with Gasteiger partial charge in [-0.1, -0.05) is 80.1 Å². The number of hydrogen-bond donors (Lipinski definition) is 0. The molecular formula is C19H21F. The summed E-state index contributed by atoms with van der Waals surface area (Å²) in [7, 11) is 0. The van der Waals surface area contributed by atoms with E-state index in [4.69, 9.17) is 0 Å². The van der Waals surface area contributed by atoms with Gasteiger partial charge in [0, 0.05) is 0 Å². The van der Waals surface area contributed by atoms with Crippen LogP contribution in [0.15, 0.2) is 66.2 Å². The summed E-state index contributed by atoms with van der Waals surface area (Å²) in [6, 6.07) is 16.6. The molecule has 2 rings (SSSR count). The minimum absolute atomic E-state index is 0.205. The second-order valence-electron chi connectivity index (χ2n) is 4.18. The number of rotatable bonds is 3. The molecule has 0 aliphatic carbocycles. The van der Waals surface area contributed by atoms with Gasteiger partial charge in [-0.25, -0.2) is 4.39 Å². The van der Waals surface area contributed by atoms with Crippen LogP contribution in [-0.4, -0.2) is 0 Å². The highest BCUT2D eigenvalue weighted by Crippen LogP contribution is 2.10. The van der Waals surface area contributed by atoms with Crippen molar-refractivity contribution in [3.05, 3.63) is 83.2 Å². The largest absolute Gasteiger partial charge is 0.207 e. The predicted molar refractivity (Wildman–Crippen MR) is 86.9 cm³/mol. The molecule has 0 N–H and O–H groups in total. The van der Waals surface area contributed by atoms with Gasteiger partial charge in [0.05, 0.1) is 0 Å². The number of halogens is 1. The van der Waals surface area contributed by atoms with Gasteiger partial charge < -0.3 is 0 Å². The van der Waals surface area contributed by atoms with Crippen molar-refractivity contribution in [1.29, 1.82) is 0 Å². The molecule has 0 saturated carbocycles. The average Bonchev–Trinajstić information content (AvgIpc) is 2.50. The molecule has 0 saturated heterocycles. The minimum atomic E-state index is -0.205. The monoisotopic (exact) mass is 268 g/mol. The Morgan fingerprint density at radius 3 is 2.05 bits per heavy atom. The lowest BCUT2D eigenvalue weighted by atomic mass is 10.1. The highest BCUT2D eigenvalue weighted by molar-refractivity contribution is 5.60. The molecule has 0 fully saturated rings. The van der Waals surface area contributed by atoms with E-state index in [1.807, 2.05) is 51.1 Å². The fourth-order valence-corrected chi connectivity index (χ4v) is 1.66. The first-order valence-corrected chi connectivity index (χ1v) is 6.91. The molecule has 0 aliphatic rings. The molecule has 0 aliphatic heterocycles. The minimum Gasteiger partial charge on any atom is -0.207 e. The lowest BCUT2D eigenvalue weighted by Gasteiger charge is -1.96. The summed E-state index contributed by atoms with van der Waals surface area (Å²) in [4.78, 5) is 0. The van der Waals surface area contributed by atoms with Gasteiger partial charge in [0.15, 0.2) is 0 Å². The normalized spacial score (nSPS) is 11.1. The molecule has 1 heteroatoms. The molecule has 0 atom stereocenters. The van der Waals surface area contributed by atoms with Crippen molar-refractivity contribution in [1.82, 2.24) is 0 Å². The molecule has 2 aromatic rings. The highest BCUT2D eigenvalue weighted by atomic mass is 19.1. The second-order valence-corrected chi connectivity index (χ2v) is 4.18. The van der Waals surface area contributed by atoms with Crippen molar-refractivity contribution in [3.63, 3.8) is 0 Å². The third kappa shape index (κ3) is 5.66.